The number of nitrogens with zero attached hydrogens (tertiary/aromatic N) is 2. The Hall–Kier alpha value is -4.45. The van der Waals surface area contributed by atoms with Gasteiger partial charge in [0.25, 0.3) is 0 Å². The Morgan fingerprint density at radius 2 is 1.81 bits per heavy atom. The zero-order chi connectivity index (χ0) is 30.7. The molecule has 0 aliphatic carbocycles. The van der Waals surface area contributed by atoms with Crippen LogP contribution in [0.15, 0.2) is 67.0 Å². The Morgan fingerprint density at radius 1 is 1.07 bits per heavy atom. The molecule has 0 atom stereocenters. The Morgan fingerprint density at radius 3 is 2.51 bits per heavy atom. The van der Waals surface area contributed by atoms with Gasteiger partial charge in [-0.1, -0.05) is 37.6 Å². The lowest BCUT2D eigenvalue weighted by molar-refractivity contribution is -0.185. The molecule has 4 aromatic rings. The van der Waals surface area contributed by atoms with Crippen LogP contribution in [0.25, 0.3) is 22.0 Å². The molecule has 2 amide bonds. The van der Waals surface area contributed by atoms with Crippen LogP contribution in [-0.2, 0) is 43.4 Å². The number of H-pyrrole nitrogens is 1. The van der Waals surface area contributed by atoms with E-state index in [9.17, 15) is 14.0 Å². The van der Waals surface area contributed by atoms with E-state index in [2.05, 4.69) is 27.6 Å². The summed E-state index contributed by atoms with van der Waals surface area (Å²) in [4.78, 5) is 40.5. The molecule has 1 aliphatic heterocycles. The second kappa shape index (κ2) is 15.1. The van der Waals surface area contributed by atoms with Crippen molar-refractivity contribution in [3.05, 3.63) is 89.6 Å². The Labute approximate surface area is 249 Å². The number of nitrogens with one attached hydrogen (secondary N) is 3. The lowest BCUT2D eigenvalue weighted by Gasteiger charge is -2.34. The van der Waals surface area contributed by atoms with Gasteiger partial charge in [0, 0.05) is 42.0 Å². The number of ether oxygens (including phenoxy) is 2. The smallest absolute Gasteiger partial charge is 0.241 e. The molecule has 10 nitrogen and oxygen atoms in total. The van der Waals surface area contributed by atoms with Crippen LogP contribution >= 0.6 is 0 Å². The molecule has 0 radical (unpaired) electrons. The number of hydrazine groups is 1. The summed E-state index contributed by atoms with van der Waals surface area (Å²) in [7, 11) is 0. The summed E-state index contributed by atoms with van der Waals surface area (Å²) in [5, 5.41) is 5.27. The number of carbonyl (C=O) groups is 3. The molecule has 0 bridgehead atoms. The van der Waals surface area contributed by atoms with E-state index in [1.165, 1.54) is 12.1 Å². The predicted octanol–water partition coefficient (Wildman–Crippen LogP) is 4.05. The van der Waals surface area contributed by atoms with E-state index in [4.69, 9.17) is 14.3 Å². The molecule has 43 heavy (non-hydrogen) atoms. The molecular weight excluding hydrogens is 553 g/mol. The molecular formula is C32H36FN5O5. The third-order valence-electron chi connectivity index (χ3n) is 7.18. The highest BCUT2D eigenvalue weighted by molar-refractivity contribution is 5.80. The van der Waals surface area contributed by atoms with Crippen molar-refractivity contribution in [1.82, 2.24) is 25.7 Å². The van der Waals surface area contributed by atoms with Gasteiger partial charge in [0.15, 0.2) is 5.79 Å². The van der Waals surface area contributed by atoms with Gasteiger partial charge < -0.3 is 24.6 Å². The van der Waals surface area contributed by atoms with Gasteiger partial charge in [-0.2, -0.15) is 0 Å². The van der Waals surface area contributed by atoms with E-state index < -0.39 is 5.79 Å². The van der Waals surface area contributed by atoms with Crippen LogP contribution in [0.3, 0.4) is 0 Å². The van der Waals surface area contributed by atoms with Crippen molar-refractivity contribution in [2.45, 2.75) is 45.1 Å². The van der Waals surface area contributed by atoms with Gasteiger partial charge in [0.05, 0.1) is 32.7 Å². The Kier molecular flexibility index (Phi) is 11.1. The van der Waals surface area contributed by atoms with Gasteiger partial charge in [-0.15, -0.1) is 0 Å². The highest BCUT2D eigenvalue weighted by Crippen LogP contribution is 2.27. The summed E-state index contributed by atoms with van der Waals surface area (Å²) in [6.07, 6.45) is 5.72. The molecule has 2 aromatic carbocycles. The minimum atomic E-state index is -0.879. The molecule has 0 spiro atoms. The number of hydrogen-bond donors (Lipinski definition) is 3. The van der Waals surface area contributed by atoms with Gasteiger partial charge >= 0.3 is 0 Å². The average molecular weight is 590 g/mol. The molecule has 226 valence electrons. The first-order valence-corrected chi connectivity index (χ1v) is 14.1. The van der Waals surface area contributed by atoms with Gasteiger partial charge in [-0.05, 0) is 52.6 Å². The second-order valence-electron chi connectivity index (χ2n) is 10.1. The van der Waals surface area contributed by atoms with Crippen LogP contribution in [0.1, 0.15) is 36.6 Å². The van der Waals surface area contributed by atoms with Crippen molar-refractivity contribution in [2.75, 3.05) is 19.8 Å². The van der Waals surface area contributed by atoms with Crippen molar-refractivity contribution in [3.63, 3.8) is 0 Å². The molecule has 1 fully saturated rings. The number of benzene rings is 2. The first-order chi connectivity index (χ1) is 21.0. The predicted molar refractivity (Wildman–Crippen MR) is 160 cm³/mol. The van der Waals surface area contributed by atoms with Crippen molar-refractivity contribution in [2.24, 2.45) is 0 Å². The fraction of sp³-hybridized carbons (Fsp3) is 0.312. The van der Waals surface area contributed by atoms with Crippen molar-refractivity contribution >= 4 is 30.0 Å². The van der Waals surface area contributed by atoms with E-state index in [1.807, 2.05) is 37.1 Å². The average Bonchev–Trinajstić information content (AvgIpc) is 3.67. The fourth-order valence-electron chi connectivity index (χ4n) is 5.17. The third-order valence-corrected chi connectivity index (χ3v) is 7.18. The molecule has 5 rings (SSSR count). The van der Waals surface area contributed by atoms with E-state index in [1.54, 1.807) is 29.5 Å². The normalized spacial score (nSPS) is 13.7. The third kappa shape index (κ3) is 8.10. The minimum Gasteiger partial charge on any atom is -0.357 e. The summed E-state index contributed by atoms with van der Waals surface area (Å²) < 4.78 is 25.5. The van der Waals surface area contributed by atoms with E-state index in [0.29, 0.717) is 32.6 Å². The number of aromatic nitrogens is 2. The molecule has 2 aromatic heterocycles. The van der Waals surface area contributed by atoms with Crippen molar-refractivity contribution < 1.29 is 28.2 Å². The number of rotatable bonds is 13. The SMILES string of the molecule is C=O.CCCC1(CN(NCc2cc3cnccc3[nH]2)C(=O)Cc2ccc(-c3ccc(F)cc3)cc2CNC=O)OCCO1. The Bertz CT molecular complexity index is 1470. The fourth-order valence-corrected chi connectivity index (χ4v) is 5.17. The number of halogens is 1. The zero-order valence-corrected chi connectivity index (χ0v) is 24.1. The number of hydrogen-bond acceptors (Lipinski definition) is 7. The molecule has 3 heterocycles. The molecule has 3 N–H and O–H groups in total. The number of fused-ring (bicyclic) bond motifs is 1. The van der Waals surface area contributed by atoms with Gasteiger partial charge in [-0.3, -0.25) is 19.6 Å². The first-order valence-electron chi connectivity index (χ1n) is 14.1. The molecule has 0 unspecified atom stereocenters. The first kappa shape index (κ1) is 31.5. The number of pyridine rings is 1. The molecule has 1 aliphatic rings. The number of carbonyl (C=O) groups excluding carboxylic acids is 3. The van der Waals surface area contributed by atoms with Crippen LogP contribution in [0.5, 0.6) is 0 Å². The summed E-state index contributed by atoms with van der Waals surface area (Å²) in [6.45, 7) is 5.86. The van der Waals surface area contributed by atoms with Crippen LogP contribution in [0, 0.1) is 5.82 Å². The van der Waals surface area contributed by atoms with Crippen molar-refractivity contribution in [1.29, 1.82) is 0 Å². The maximum atomic E-state index is 13.9. The van der Waals surface area contributed by atoms with Crippen LogP contribution in [-0.4, -0.2) is 59.6 Å². The lowest BCUT2D eigenvalue weighted by Crippen LogP contribution is -2.52. The summed E-state index contributed by atoms with van der Waals surface area (Å²) >= 11 is 0. The number of amides is 2. The second-order valence-corrected chi connectivity index (χ2v) is 10.1. The summed E-state index contributed by atoms with van der Waals surface area (Å²) in [5.74, 6) is -1.36. The summed E-state index contributed by atoms with van der Waals surface area (Å²) in [6, 6.07) is 15.8. The Balaban J connectivity index is 0.00000207. The maximum absolute atomic E-state index is 13.9. The molecule has 11 heteroatoms. The van der Waals surface area contributed by atoms with Gasteiger partial charge in [-0.25, -0.2) is 9.82 Å². The van der Waals surface area contributed by atoms with E-state index in [0.717, 1.165) is 45.3 Å². The zero-order valence-electron chi connectivity index (χ0n) is 24.1. The lowest BCUT2D eigenvalue weighted by atomic mass is 9.97. The maximum Gasteiger partial charge on any atom is 0.241 e. The molecule has 0 saturated carbocycles. The standard InChI is InChI=1S/C31H34FN5O4.CH2O/c1-2-10-31(40-12-13-41-31)20-37(35-19-28-15-26-18-33-11-9-29(26)36-28)30(39)16-24-4-3-23(14-25(24)17-34-21-38)22-5-7-27(32)8-6-22;1-2/h3-9,11,14-15,18,21,35-36H,2,10,12-13,16-17,19-20H2,1H3,(H,34,38);1H2. The molecule has 1 saturated heterocycles. The monoisotopic (exact) mass is 589 g/mol. The van der Waals surface area contributed by atoms with Crippen LogP contribution in [0.2, 0.25) is 0 Å². The highest BCUT2D eigenvalue weighted by atomic mass is 19.1. The largest absolute Gasteiger partial charge is 0.357 e. The summed E-state index contributed by atoms with van der Waals surface area (Å²) in [5.41, 5.74) is 8.44. The highest BCUT2D eigenvalue weighted by Gasteiger charge is 2.39. The van der Waals surface area contributed by atoms with Crippen LogP contribution in [0.4, 0.5) is 4.39 Å². The van der Waals surface area contributed by atoms with Gasteiger partial charge in [0.2, 0.25) is 12.3 Å². The van der Waals surface area contributed by atoms with E-state index in [-0.39, 0.29) is 31.2 Å². The topological polar surface area (TPSA) is 126 Å². The van der Waals surface area contributed by atoms with Crippen LogP contribution < -0.4 is 10.7 Å². The number of aromatic amines is 1. The van der Waals surface area contributed by atoms with E-state index >= 15 is 0 Å². The minimum absolute atomic E-state index is 0.0887. The van der Waals surface area contributed by atoms with Crippen molar-refractivity contribution in [3.8, 4) is 11.1 Å². The quantitative estimate of drug-likeness (QED) is 0.159. The van der Waals surface area contributed by atoms with Gasteiger partial charge in [0.1, 0.15) is 12.6 Å².